The lowest BCUT2D eigenvalue weighted by Crippen LogP contribution is -2.13. The van der Waals surface area contributed by atoms with Crippen molar-refractivity contribution >= 4 is 28.5 Å². The van der Waals surface area contributed by atoms with E-state index in [1.807, 2.05) is 0 Å². The molecule has 0 aliphatic heterocycles. The molecule has 0 aliphatic rings. The summed E-state index contributed by atoms with van der Waals surface area (Å²) in [5.74, 6) is -1.02. The number of methoxy groups -OCH3 is 1. The molecule has 0 fully saturated rings. The van der Waals surface area contributed by atoms with Gasteiger partial charge >= 0.3 is 0 Å². The van der Waals surface area contributed by atoms with E-state index >= 15 is 0 Å². The van der Waals surface area contributed by atoms with E-state index in [-0.39, 0.29) is 11.5 Å². The largest absolute Gasteiger partial charge is 0.496 e. The average molecular weight is 271 g/mol. The highest BCUT2D eigenvalue weighted by molar-refractivity contribution is 7.80. The minimum atomic E-state index is -2.22. The minimum absolute atomic E-state index is 0.158. The van der Waals surface area contributed by atoms with Crippen LogP contribution in [0.2, 0.25) is 0 Å². The lowest BCUT2D eigenvalue weighted by atomic mass is 10.1. The lowest BCUT2D eigenvalue weighted by Gasteiger charge is -2.09. The van der Waals surface area contributed by atoms with E-state index in [1.165, 1.54) is 26.2 Å². The number of benzene rings is 1. The van der Waals surface area contributed by atoms with Crippen molar-refractivity contribution < 1.29 is 23.1 Å². The Morgan fingerprint density at radius 3 is 2.61 bits per heavy atom. The van der Waals surface area contributed by atoms with Crippen molar-refractivity contribution in [1.29, 1.82) is 0 Å². The van der Waals surface area contributed by atoms with E-state index < -0.39 is 22.6 Å². The van der Waals surface area contributed by atoms with Crippen molar-refractivity contribution in [3.8, 4) is 5.75 Å². The topological polar surface area (TPSA) is 92.7 Å². The monoisotopic (exact) mass is 271 g/mol. The maximum Gasteiger partial charge on any atom is 0.221 e. The molecule has 1 amide bonds. The molecule has 0 radical (unpaired) electrons. The summed E-state index contributed by atoms with van der Waals surface area (Å²) in [5, 5.41) is 2.52. The smallest absolute Gasteiger partial charge is 0.221 e. The van der Waals surface area contributed by atoms with Crippen molar-refractivity contribution in [2.75, 3.05) is 18.2 Å². The zero-order valence-electron chi connectivity index (χ0n) is 9.93. The third-order valence-electron chi connectivity index (χ3n) is 2.07. The molecule has 0 spiro atoms. The molecule has 0 saturated carbocycles. The van der Waals surface area contributed by atoms with Gasteiger partial charge in [0.1, 0.15) is 11.5 Å². The zero-order chi connectivity index (χ0) is 13.7. The summed E-state index contributed by atoms with van der Waals surface area (Å²) in [6.45, 7) is 1.34. The number of anilines is 1. The molecule has 2 N–H and O–H groups in total. The summed E-state index contributed by atoms with van der Waals surface area (Å²) >= 11 is -2.22. The first-order valence-electron chi connectivity index (χ1n) is 5.00. The number of ether oxygens (including phenoxy) is 1. The van der Waals surface area contributed by atoms with Crippen LogP contribution in [0.4, 0.5) is 5.69 Å². The van der Waals surface area contributed by atoms with Crippen LogP contribution in [-0.2, 0) is 15.9 Å². The van der Waals surface area contributed by atoms with Gasteiger partial charge in [0.05, 0.1) is 12.7 Å². The van der Waals surface area contributed by atoms with Crippen molar-refractivity contribution in [3.63, 3.8) is 0 Å². The van der Waals surface area contributed by atoms with E-state index in [4.69, 9.17) is 9.29 Å². The highest BCUT2D eigenvalue weighted by Crippen LogP contribution is 2.23. The van der Waals surface area contributed by atoms with Crippen LogP contribution < -0.4 is 10.1 Å². The molecule has 1 atom stereocenters. The van der Waals surface area contributed by atoms with Crippen LogP contribution in [0.15, 0.2) is 18.2 Å². The Hall–Kier alpha value is -1.73. The fourth-order valence-electron chi connectivity index (χ4n) is 1.40. The van der Waals surface area contributed by atoms with Crippen LogP contribution in [0.1, 0.15) is 17.3 Å². The SMILES string of the molecule is COc1ccc(NC(C)=O)cc1C(=O)CS(=O)O. The number of nitrogens with one attached hydrogen (secondary N) is 1. The van der Waals surface area contributed by atoms with Crippen LogP contribution in [0.5, 0.6) is 5.75 Å². The highest BCUT2D eigenvalue weighted by Gasteiger charge is 2.15. The second kappa shape index (κ2) is 6.27. The number of Topliss-reactive ketones (excluding diaryl/α,β-unsaturated/α-hetero) is 1. The van der Waals surface area contributed by atoms with Gasteiger partial charge < -0.3 is 14.6 Å². The standard InChI is InChI=1S/C11H13NO5S/c1-7(13)12-8-3-4-11(17-2)9(5-8)10(14)6-18(15)16/h3-5H,6H2,1-2H3,(H,12,13)(H,15,16). The van der Waals surface area contributed by atoms with Gasteiger partial charge in [-0.15, -0.1) is 0 Å². The fourth-order valence-corrected chi connectivity index (χ4v) is 1.78. The molecule has 1 aromatic rings. The number of amides is 1. The highest BCUT2D eigenvalue weighted by atomic mass is 32.2. The van der Waals surface area contributed by atoms with Crippen molar-refractivity contribution in [1.82, 2.24) is 0 Å². The number of carbonyl (C=O) groups is 2. The number of hydrogen-bond donors (Lipinski definition) is 2. The van der Waals surface area contributed by atoms with Crippen LogP contribution in [-0.4, -0.2) is 33.3 Å². The van der Waals surface area contributed by atoms with Gasteiger partial charge in [-0.1, -0.05) is 0 Å². The van der Waals surface area contributed by atoms with Crippen LogP contribution in [0.3, 0.4) is 0 Å². The molecule has 0 heterocycles. The third kappa shape index (κ3) is 3.94. The van der Waals surface area contributed by atoms with Gasteiger partial charge in [0.2, 0.25) is 5.91 Å². The number of ketones is 1. The van der Waals surface area contributed by atoms with Crippen molar-refractivity contribution in [3.05, 3.63) is 23.8 Å². The summed E-state index contributed by atoms with van der Waals surface area (Å²) in [4.78, 5) is 22.6. The van der Waals surface area contributed by atoms with Crippen molar-refractivity contribution in [2.45, 2.75) is 6.92 Å². The number of rotatable bonds is 5. The Bertz CT molecular complexity index is 500. The molecule has 98 valence electrons. The van der Waals surface area contributed by atoms with Crippen LogP contribution >= 0.6 is 0 Å². The summed E-state index contributed by atoms with van der Waals surface area (Å²) in [7, 11) is 1.39. The lowest BCUT2D eigenvalue weighted by molar-refractivity contribution is -0.114. The molecule has 6 nitrogen and oxygen atoms in total. The molecular formula is C11H13NO5S. The second-order valence-corrected chi connectivity index (χ2v) is 4.42. The van der Waals surface area contributed by atoms with E-state index in [0.29, 0.717) is 11.4 Å². The maximum absolute atomic E-state index is 11.7. The molecule has 0 aromatic heterocycles. The predicted octanol–water partition coefficient (Wildman–Crippen LogP) is 1.06. The molecule has 1 rings (SSSR count). The first-order chi connectivity index (χ1) is 8.43. The molecule has 1 aromatic carbocycles. The van der Waals surface area contributed by atoms with Crippen LogP contribution in [0, 0.1) is 0 Å². The summed E-state index contributed by atoms with van der Waals surface area (Å²) in [5.41, 5.74) is 0.585. The summed E-state index contributed by atoms with van der Waals surface area (Å²) < 4.78 is 24.3. The van der Waals surface area contributed by atoms with Gasteiger partial charge in [-0.05, 0) is 18.2 Å². The summed E-state index contributed by atoms with van der Waals surface area (Å²) in [6, 6.07) is 4.50. The van der Waals surface area contributed by atoms with Gasteiger partial charge in [-0.3, -0.25) is 9.59 Å². The average Bonchev–Trinajstić information content (AvgIpc) is 2.27. The molecule has 18 heavy (non-hydrogen) atoms. The number of carbonyl (C=O) groups excluding carboxylic acids is 2. The Morgan fingerprint density at radius 1 is 1.44 bits per heavy atom. The third-order valence-corrected chi connectivity index (χ3v) is 2.58. The van der Waals surface area contributed by atoms with E-state index in [0.717, 1.165) is 0 Å². The second-order valence-electron chi connectivity index (χ2n) is 3.49. The molecule has 0 saturated heterocycles. The van der Waals surface area contributed by atoms with E-state index in [9.17, 15) is 13.8 Å². The first-order valence-corrected chi connectivity index (χ1v) is 6.28. The van der Waals surface area contributed by atoms with E-state index in [2.05, 4.69) is 5.32 Å². The Morgan fingerprint density at radius 2 is 2.11 bits per heavy atom. The van der Waals surface area contributed by atoms with Crippen molar-refractivity contribution in [2.24, 2.45) is 0 Å². The Kier molecular flexibility index (Phi) is 4.99. The van der Waals surface area contributed by atoms with Gasteiger partial charge in [-0.25, -0.2) is 4.21 Å². The molecule has 0 bridgehead atoms. The fraction of sp³-hybridized carbons (Fsp3) is 0.273. The van der Waals surface area contributed by atoms with E-state index in [1.54, 1.807) is 6.07 Å². The maximum atomic E-state index is 11.7. The molecule has 7 heteroatoms. The molecular weight excluding hydrogens is 258 g/mol. The van der Waals surface area contributed by atoms with Gasteiger partial charge in [0.25, 0.3) is 0 Å². The van der Waals surface area contributed by atoms with Gasteiger partial charge in [0.15, 0.2) is 16.9 Å². The quantitative estimate of drug-likeness (QED) is 0.617. The van der Waals surface area contributed by atoms with Gasteiger partial charge in [-0.2, -0.15) is 0 Å². The Balaban J connectivity index is 3.09. The molecule has 1 unspecified atom stereocenters. The van der Waals surface area contributed by atoms with Gasteiger partial charge in [0, 0.05) is 12.6 Å². The zero-order valence-corrected chi connectivity index (χ0v) is 10.7. The predicted molar refractivity (Wildman–Crippen MR) is 67.3 cm³/mol. The summed E-state index contributed by atoms with van der Waals surface area (Å²) in [6.07, 6.45) is 0. The molecule has 0 aliphatic carbocycles. The normalized spacial score (nSPS) is 11.7. The minimum Gasteiger partial charge on any atom is -0.496 e. The first kappa shape index (κ1) is 14.3. The Labute approximate surface area is 107 Å². The van der Waals surface area contributed by atoms with Crippen LogP contribution in [0.25, 0.3) is 0 Å². The number of hydrogen-bond acceptors (Lipinski definition) is 4.